The molecule has 0 amide bonds. The average Bonchev–Trinajstić information content (AvgIpc) is 3.09. The number of nitrogens with zero attached hydrogens (tertiary/aromatic N) is 3. The Bertz CT molecular complexity index is 717. The summed E-state index contributed by atoms with van der Waals surface area (Å²) in [6.07, 6.45) is 3.37. The van der Waals surface area contributed by atoms with Gasteiger partial charge in [-0.25, -0.2) is 9.97 Å². The van der Waals surface area contributed by atoms with Gasteiger partial charge in [0.15, 0.2) is 0 Å². The lowest BCUT2D eigenvalue weighted by Gasteiger charge is -2.29. The van der Waals surface area contributed by atoms with Crippen LogP contribution in [0.4, 0.5) is 5.82 Å². The standard InChI is InChI=1S/C19H25N3OS/c1-19(2,3)18-20-15(13-23-4)12-17(21-18)22-9-7-14(8-10-22)16-6-5-11-24-16/h5-7,11-12H,8-10,13H2,1-4H3. The zero-order valence-electron chi connectivity index (χ0n) is 14.9. The molecule has 0 atom stereocenters. The van der Waals surface area contributed by atoms with Crippen LogP contribution in [0.2, 0.25) is 0 Å². The van der Waals surface area contributed by atoms with Crippen LogP contribution in [0, 0.1) is 0 Å². The molecule has 2 aromatic rings. The molecule has 3 rings (SSSR count). The Morgan fingerprint density at radius 1 is 1.29 bits per heavy atom. The average molecular weight is 343 g/mol. The first-order valence-corrected chi connectivity index (χ1v) is 9.20. The highest BCUT2D eigenvalue weighted by Crippen LogP contribution is 2.29. The maximum absolute atomic E-state index is 5.28. The number of methoxy groups -OCH3 is 1. The molecule has 0 aliphatic carbocycles. The summed E-state index contributed by atoms with van der Waals surface area (Å²) >= 11 is 1.81. The predicted molar refractivity (Wildman–Crippen MR) is 101 cm³/mol. The maximum Gasteiger partial charge on any atom is 0.136 e. The molecule has 0 spiro atoms. The topological polar surface area (TPSA) is 38.2 Å². The van der Waals surface area contributed by atoms with E-state index in [4.69, 9.17) is 9.72 Å². The third-order valence-electron chi connectivity index (χ3n) is 4.10. The van der Waals surface area contributed by atoms with Gasteiger partial charge in [-0.15, -0.1) is 11.3 Å². The fourth-order valence-electron chi connectivity index (χ4n) is 2.76. The Hall–Kier alpha value is -1.72. The fraction of sp³-hybridized carbons (Fsp3) is 0.474. The molecule has 0 fully saturated rings. The summed E-state index contributed by atoms with van der Waals surface area (Å²) < 4.78 is 5.28. The Kier molecular flexibility index (Phi) is 5.01. The highest BCUT2D eigenvalue weighted by atomic mass is 32.1. The zero-order valence-corrected chi connectivity index (χ0v) is 15.7. The van der Waals surface area contributed by atoms with E-state index in [0.717, 1.165) is 36.8 Å². The van der Waals surface area contributed by atoms with Crippen LogP contribution in [0.5, 0.6) is 0 Å². The number of hydrogen-bond donors (Lipinski definition) is 0. The normalized spacial score (nSPS) is 15.5. The number of rotatable bonds is 4. The van der Waals surface area contributed by atoms with Gasteiger partial charge in [0.05, 0.1) is 12.3 Å². The molecule has 128 valence electrons. The Morgan fingerprint density at radius 3 is 2.71 bits per heavy atom. The van der Waals surface area contributed by atoms with Gasteiger partial charge in [-0.1, -0.05) is 32.9 Å². The Labute approximate surface area is 148 Å². The minimum Gasteiger partial charge on any atom is -0.378 e. The molecular formula is C19H25N3OS. The second-order valence-corrected chi connectivity index (χ2v) is 8.07. The van der Waals surface area contributed by atoms with Gasteiger partial charge in [0.2, 0.25) is 0 Å². The molecule has 0 N–H and O–H groups in total. The van der Waals surface area contributed by atoms with E-state index in [1.807, 2.05) is 11.3 Å². The fourth-order valence-corrected chi connectivity index (χ4v) is 3.56. The molecular weight excluding hydrogens is 318 g/mol. The third-order valence-corrected chi connectivity index (χ3v) is 5.04. The summed E-state index contributed by atoms with van der Waals surface area (Å²) in [6.45, 7) is 8.83. The van der Waals surface area contributed by atoms with Crippen LogP contribution in [-0.4, -0.2) is 30.2 Å². The van der Waals surface area contributed by atoms with Crippen molar-refractivity contribution in [2.24, 2.45) is 0 Å². The number of aromatic nitrogens is 2. The van der Waals surface area contributed by atoms with E-state index >= 15 is 0 Å². The van der Waals surface area contributed by atoms with E-state index in [-0.39, 0.29) is 5.41 Å². The van der Waals surface area contributed by atoms with Crippen molar-refractivity contribution >= 4 is 22.7 Å². The van der Waals surface area contributed by atoms with E-state index < -0.39 is 0 Å². The maximum atomic E-state index is 5.28. The van der Waals surface area contributed by atoms with Crippen molar-refractivity contribution in [3.63, 3.8) is 0 Å². The van der Waals surface area contributed by atoms with Crippen LogP contribution in [0.25, 0.3) is 5.57 Å². The van der Waals surface area contributed by atoms with Gasteiger partial charge in [-0.2, -0.15) is 0 Å². The van der Waals surface area contributed by atoms with E-state index in [2.05, 4.69) is 60.3 Å². The molecule has 0 aromatic carbocycles. The number of hydrogen-bond acceptors (Lipinski definition) is 5. The summed E-state index contributed by atoms with van der Waals surface area (Å²) in [5.74, 6) is 1.88. The van der Waals surface area contributed by atoms with Gasteiger partial charge in [0.1, 0.15) is 11.6 Å². The predicted octanol–water partition coefficient (Wildman–Crippen LogP) is 4.28. The second-order valence-electron chi connectivity index (χ2n) is 7.13. The van der Waals surface area contributed by atoms with E-state index in [9.17, 15) is 0 Å². The molecule has 1 aliphatic rings. The smallest absolute Gasteiger partial charge is 0.136 e. The van der Waals surface area contributed by atoms with Crippen molar-refractivity contribution in [1.82, 2.24) is 9.97 Å². The first kappa shape index (κ1) is 17.1. The van der Waals surface area contributed by atoms with Gasteiger partial charge in [-0.3, -0.25) is 0 Å². The first-order valence-electron chi connectivity index (χ1n) is 8.32. The monoisotopic (exact) mass is 343 g/mol. The summed E-state index contributed by atoms with van der Waals surface area (Å²) in [4.78, 5) is 13.2. The van der Waals surface area contributed by atoms with Gasteiger partial charge in [-0.05, 0) is 23.4 Å². The van der Waals surface area contributed by atoms with Gasteiger partial charge in [0.25, 0.3) is 0 Å². The molecule has 0 bridgehead atoms. The third kappa shape index (κ3) is 3.84. The van der Waals surface area contributed by atoms with E-state index in [1.54, 1.807) is 7.11 Å². The molecule has 0 saturated heterocycles. The van der Waals surface area contributed by atoms with E-state index in [1.165, 1.54) is 10.5 Å². The van der Waals surface area contributed by atoms with Gasteiger partial charge < -0.3 is 9.64 Å². The molecule has 0 saturated carbocycles. The van der Waals surface area contributed by atoms with Crippen LogP contribution in [0.15, 0.2) is 29.7 Å². The summed E-state index contributed by atoms with van der Waals surface area (Å²) in [5, 5.41) is 2.14. The molecule has 24 heavy (non-hydrogen) atoms. The van der Waals surface area contributed by atoms with Crippen LogP contribution in [-0.2, 0) is 16.8 Å². The molecule has 0 unspecified atom stereocenters. The lowest BCUT2D eigenvalue weighted by atomic mass is 9.95. The van der Waals surface area contributed by atoms with Gasteiger partial charge >= 0.3 is 0 Å². The number of ether oxygens (including phenoxy) is 1. The van der Waals surface area contributed by atoms with Crippen LogP contribution < -0.4 is 4.90 Å². The zero-order chi connectivity index (χ0) is 17.2. The van der Waals surface area contributed by atoms with Crippen molar-refractivity contribution in [3.8, 4) is 0 Å². The van der Waals surface area contributed by atoms with Crippen LogP contribution in [0.1, 0.15) is 43.6 Å². The Balaban J connectivity index is 1.85. The van der Waals surface area contributed by atoms with Crippen molar-refractivity contribution in [3.05, 3.63) is 46.1 Å². The molecule has 1 aliphatic heterocycles. The van der Waals surface area contributed by atoms with E-state index in [0.29, 0.717) is 6.61 Å². The second kappa shape index (κ2) is 7.03. The van der Waals surface area contributed by atoms with Crippen molar-refractivity contribution in [2.75, 3.05) is 25.1 Å². The lowest BCUT2D eigenvalue weighted by Crippen LogP contribution is -2.30. The van der Waals surface area contributed by atoms with Gasteiger partial charge in [0, 0.05) is 36.6 Å². The molecule has 5 heteroatoms. The van der Waals surface area contributed by atoms with Crippen molar-refractivity contribution in [2.45, 2.75) is 39.2 Å². The van der Waals surface area contributed by atoms with Crippen molar-refractivity contribution in [1.29, 1.82) is 0 Å². The largest absolute Gasteiger partial charge is 0.378 e. The molecule has 3 heterocycles. The first-order chi connectivity index (χ1) is 11.5. The quantitative estimate of drug-likeness (QED) is 0.831. The minimum absolute atomic E-state index is 0.0771. The summed E-state index contributed by atoms with van der Waals surface area (Å²) in [7, 11) is 1.70. The van der Waals surface area contributed by atoms with Crippen molar-refractivity contribution < 1.29 is 4.74 Å². The SMILES string of the molecule is COCc1cc(N2CC=C(c3cccs3)CC2)nc(C(C)(C)C)n1. The van der Waals surface area contributed by atoms with Crippen LogP contribution in [0.3, 0.4) is 0 Å². The number of thiophene rings is 1. The highest BCUT2D eigenvalue weighted by Gasteiger charge is 2.22. The molecule has 2 aromatic heterocycles. The highest BCUT2D eigenvalue weighted by molar-refractivity contribution is 7.11. The summed E-state index contributed by atoms with van der Waals surface area (Å²) in [5.41, 5.74) is 2.32. The van der Waals surface area contributed by atoms with Crippen LogP contribution >= 0.6 is 11.3 Å². The minimum atomic E-state index is -0.0771. The molecule has 0 radical (unpaired) electrons. The lowest BCUT2D eigenvalue weighted by molar-refractivity contribution is 0.181. The summed E-state index contributed by atoms with van der Waals surface area (Å²) in [6, 6.07) is 6.37. The Morgan fingerprint density at radius 2 is 2.12 bits per heavy atom. The number of anilines is 1. The molecule has 4 nitrogen and oxygen atoms in total.